The first-order chi connectivity index (χ1) is 30.6. The van der Waals surface area contributed by atoms with Crippen LogP contribution in [0.1, 0.15) is 311 Å². The van der Waals surface area contributed by atoms with Gasteiger partial charge in [-0.2, -0.15) is 0 Å². The maximum Gasteiger partial charge on any atom is 0.306 e. The molecule has 0 aromatic carbocycles. The minimum Gasteiger partial charge on any atom is -0.462 e. The minimum absolute atomic E-state index is 0.0641. The average molecular weight is 892 g/mol. The summed E-state index contributed by atoms with van der Waals surface area (Å²) in [5.74, 6) is 1.64. The maximum absolute atomic E-state index is 12.8. The van der Waals surface area contributed by atoms with Crippen LogP contribution in [0.25, 0.3) is 0 Å². The van der Waals surface area contributed by atoms with E-state index in [0.717, 1.165) is 75.5 Å². The molecule has 0 unspecified atom stereocenters. The Hall–Kier alpha value is -1.59. The van der Waals surface area contributed by atoms with Crippen LogP contribution in [0.2, 0.25) is 0 Å². The van der Waals surface area contributed by atoms with Gasteiger partial charge in [0, 0.05) is 19.3 Å². The highest BCUT2D eigenvalue weighted by molar-refractivity contribution is 5.71. The standard InChI is InChI=1S/C57H110O6/c1-51(2)43-37-31-25-19-15-11-8-7-9-13-18-22-30-36-42-48-57(60)63-54(50-62-56(59)47-41-35-29-24-23-27-33-39-45-53(5)6)49-61-55(58)46-40-34-28-21-17-14-10-12-16-20-26-32-38-44-52(3)4/h51-54H,7-50H2,1-6H3/t54-/m1/s1. The van der Waals surface area contributed by atoms with E-state index in [4.69, 9.17) is 14.2 Å². The number of hydrogen-bond donors (Lipinski definition) is 0. The van der Waals surface area contributed by atoms with Gasteiger partial charge in [0.1, 0.15) is 13.2 Å². The highest BCUT2D eigenvalue weighted by Crippen LogP contribution is 2.18. The molecule has 0 N–H and O–H groups in total. The van der Waals surface area contributed by atoms with Crippen molar-refractivity contribution in [2.45, 2.75) is 317 Å². The van der Waals surface area contributed by atoms with Gasteiger partial charge in [0.25, 0.3) is 0 Å². The van der Waals surface area contributed by atoms with Gasteiger partial charge >= 0.3 is 17.9 Å². The summed E-state index contributed by atoms with van der Waals surface area (Å²) in [6.45, 7) is 13.7. The zero-order valence-corrected chi connectivity index (χ0v) is 43.4. The third kappa shape index (κ3) is 51.3. The molecule has 0 aromatic rings. The lowest BCUT2D eigenvalue weighted by Gasteiger charge is -2.18. The molecule has 0 aliphatic carbocycles. The molecule has 0 saturated carbocycles. The Balaban J connectivity index is 4.28. The van der Waals surface area contributed by atoms with E-state index in [2.05, 4.69) is 41.5 Å². The lowest BCUT2D eigenvalue weighted by Crippen LogP contribution is -2.30. The summed E-state index contributed by atoms with van der Waals surface area (Å²) >= 11 is 0. The Bertz CT molecular complexity index is 976. The molecule has 0 heterocycles. The van der Waals surface area contributed by atoms with Crippen LogP contribution in [0.5, 0.6) is 0 Å². The zero-order valence-electron chi connectivity index (χ0n) is 43.4. The van der Waals surface area contributed by atoms with Gasteiger partial charge in [-0.3, -0.25) is 14.4 Å². The zero-order chi connectivity index (χ0) is 46.3. The van der Waals surface area contributed by atoms with E-state index < -0.39 is 6.10 Å². The van der Waals surface area contributed by atoms with Gasteiger partial charge in [-0.25, -0.2) is 0 Å². The average Bonchev–Trinajstić information content (AvgIpc) is 3.24. The predicted molar refractivity (Wildman–Crippen MR) is 270 cm³/mol. The predicted octanol–water partition coefficient (Wildman–Crippen LogP) is 18.3. The summed E-state index contributed by atoms with van der Waals surface area (Å²) in [5, 5.41) is 0. The molecule has 0 amide bonds. The largest absolute Gasteiger partial charge is 0.462 e. The van der Waals surface area contributed by atoms with Crippen molar-refractivity contribution in [3.8, 4) is 0 Å². The quantitative estimate of drug-likeness (QED) is 0.0344. The van der Waals surface area contributed by atoms with E-state index in [1.807, 2.05) is 0 Å². The molecule has 374 valence electrons. The van der Waals surface area contributed by atoms with Gasteiger partial charge in [-0.05, 0) is 37.0 Å². The van der Waals surface area contributed by atoms with Crippen molar-refractivity contribution >= 4 is 17.9 Å². The number of unbranched alkanes of at least 4 members (excludes halogenated alkanes) is 33. The van der Waals surface area contributed by atoms with Crippen LogP contribution in [-0.4, -0.2) is 37.2 Å². The van der Waals surface area contributed by atoms with Crippen molar-refractivity contribution in [1.82, 2.24) is 0 Å². The number of rotatable bonds is 50. The number of carbonyl (C=O) groups excluding carboxylic acids is 3. The number of carbonyl (C=O) groups is 3. The summed E-state index contributed by atoms with van der Waals surface area (Å²) in [6, 6.07) is 0. The van der Waals surface area contributed by atoms with Gasteiger partial charge in [-0.15, -0.1) is 0 Å². The van der Waals surface area contributed by atoms with Gasteiger partial charge in [-0.1, -0.05) is 273 Å². The SMILES string of the molecule is CC(C)CCCCCCCCCCCCCCCCCC(=O)O[C@H](COC(=O)CCCCCCCCCCCCCCCC(C)C)COC(=O)CCCCCCCCCCC(C)C. The molecule has 0 aliphatic heterocycles. The van der Waals surface area contributed by atoms with Crippen LogP contribution in [-0.2, 0) is 28.6 Å². The summed E-state index contributed by atoms with van der Waals surface area (Å²) in [4.78, 5) is 38.1. The highest BCUT2D eigenvalue weighted by Gasteiger charge is 2.19. The van der Waals surface area contributed by atoms with Crippen LogP contribution in [0.15, 0.2) is 0 Å². The number of ether oxygens (including phenoxy) is 3. The van der Waals surface area contributed by atoms with Crippen molar-refractivity contribution in [2.24, 2.45) is 17.8 Å². The van der Waals surface area contributed by atoms with E-state index in [0.29, 0.717) is 19.3 Å². The molecule has 0 rings (SSSR count). The van der Waals surface area contributed by atoms with E-state index in [1.165, 1.54) is 193 Å². The van der Waals surface area contributed by atoms with E-state index >= 15 is 0 Å². The number of esters is 3. The van der Waals surface area contributed by atoms with E-state index in [1.54, 1.807) is 0 Å². The van der Waals surface area contributed by atoms with E-state index in [-0.39, 0.29) is 31.1 Å². The molecule has 63 heavy (non-hydrogen) atoms. The Morgan fingerprint density at radius 3 is 0.683 bits per heavy atom. The van der Waals surface area contributed by atoms with Crippen molar-refractivity contribution in [1.29, 1.82) is 0 Å². The van der Waals surface area contributed by atoms with Crippen molar-refractivity contribution in [2.75, 3.05) is 13.2 Å². The molecule has 6 nitrogen and oxygen atoms in total. The molecule has 0 radical (unpaired) electrons. The fourth-order valence-electron chi connectivity index (χ4n) is 8.65. The summed E-state index contributed by atoms with van der Waals surface area (Å²) < 4.78 is 16.9. The molecular formula is C57H110O6. The molecule has 0 spiro atoms. The smallest absolute Gasteiger partial charge is 0.306 e. The topological polar surface area (TPSA) is 78.9 Å². The molecule has 0 aliphatic rings. The number of hydrogen-bond acceptors (Lipinski definition) is 6. The fraction of sp³-hybridized carbons (Fsp3) is 0.947. The Morgan fingerprint density at radius 1 is 0.270 bits per heavy atom. The van der Waals surface area contributed by atoms with Gasteiger partial charge in [0.05, 0.1) is 0 Å². The lowest BCUT2D eigenvalue weighted by molar-refractivity contribution is -0.167. The van der Waals surface area contributed by atoms with Crippen molar-refractivity contribution in [3.63, 3.8) is 0 Å². The molecule has 0 bridgehead atoms. The Morgan fingerprint density at radius 2 is 0.460 bits per heavy atom. The summed E-state index contributed by atoms with van der Waals surface area (Å²) in [7, 11) is 0. The molecule has 0 fully saturated rings. The van der Waals surface area contributed by atoms with E-state index in [9.17, 15) is 14.4 Å². The lowest BCUT2D eigenvalue weighted by atomic mass is 10.0. The fourth-order valence-corrected chi connectivity index (χ4v) is 8.65. The van der Waals surface area contributed by atoms with Gasteiger partial charge < -0.3 is 14.2 Å². The molecule has 1 atom stereocenters. The van der Waals surface area contributed by atoms with Crippen LogP contribution in [0.4, 0.5) is 0 Å². The highest BCUT2D eigenvalue weighted by atomic mass is 16.6. The molecular weight excluding hydrogens is 781 g/mol. The first-order valence-electron chi connectivity index (χ1n) is 28.1. The van der Waals surface area contributed by atoms with Gasteiger partial charge in [0.2, 0.25) is 0 Å². The monoisotopic (exact) mass is 891 g/mol. The first-order valence-corrected chi connectivity index (χ1v) is 28.1. The molecule has 0 saturated heterocycles. The second kappa shape index (κ2) is 48.3. The second-order valence-electron chi connectivity index (χ2n) is 21.0. The first kappa shape index (κ1) is 61.4. The summed E-state index contributed by atoms with van der Waals surface area (Å²) in [5.41, 5.74) is 0. The van der Waals surface area contributed by atoms with Crippen LogP contribution in [0.3, 0.4) is 0 Å². The second-order valence-corrected chi connectivity index (χ2v) is 21.0. The Labute approximate surface area is 393 Å². The van der Waals surface area contributed by atoms with Crippen molar-refractivity contribution < 1.29 is 28.6 Å². The normalized spacial score (nSPS) is 12.1. The van der Waals surface area contributed by atoms with Crippen LogP contribution < -0.4 is 0 Å². The van der Waals surface area contributed by atoms with Crippen LogP contribution >= 0.6 is 0 Å². The maximum atomic E-state index is 12.8. The Kier molecular flexibility index (Phi) is 47.1. The molecule has 0 aromatic heterocycles. The van der Waals surface area contributed by atoms with Crippen LogP contribution in [0, 0.1) is 17.8 Å². The summed E-state index contributed by atoms with van der Waals surface area (Å²) in [6.07, 6.45) is 49.5. The third-order valence-corrected chi connectivity index (χ3v) is 12.9. The minimum atomic E-state index is -0.763. The van der Waals surface area contributed by atoms with Gasteiger partial charge in [0.15, 0.2) is 6.10 Å². The third-order valence-electron chi connectivity index (χ3n) is 12.9. The molecule has 6 heteroatoms. The van der Waals surface area contributed by atoms with Crippen molar-refractivity contribution in [3.05, 3.63) is 0 Å².